The van der Waals surface area contributed by atoms with E-state index in [1.165, 1.54) is 4.88 Å². The number of carbonyl (C=O) groups excluding carboxylic acids is 1. The maximum Gasteiger partial charge on any atom is 0.350 e. The Kier molecular flexibility index (Phi) is 8.66. The Labute approximate surface area is 222 Å². The fraction of sp³-hybridized carbons (Fsp3) is 0.333. The van der Waals surface area contributed by atoms with E-state index in [1.54, 1.807) is 18.3 Å². The molecule has 37 heavy (non-hydrogen) atoms. The average Bonchev–Trinajstić information content (AvgIpc) is 3.50. The Morgan fingerprint density at radius 3 is 2.38 bits per heavy atom. The van der Waals surface area contributed by atoms with Crippen LogP contribution < -0.4 is 9.47 Å². The van der Waals surface area contributed by atoms with E-state index in [0.29, 0.717) is 44.1 Å². The molecule has 0 amide bonds. The van der Waals surface area contributed by atoms with E-state index in [1.807, 2.05) is 74.5 Å². The van der Waals surface area contributed by atoms with Crippen LogP contribution in [0.1, 0.15) is 42.2 Å². The van der Waals surface area contributed by atoms with Crippen LogP contribution in [0.25, 0.3) is 10.8 Å². The molecule has 4 aromatic rings. The summed E-state index contributed by atoms with van der Waals surface area (Å²) in [6.07, 6.45) is 1.51. The molecule has 0 N–H and O–H groups in total. The number of esters is 1. The van der Waals surface area contributed by atoms with Crippen molar-refractivity contribution in [2.45, 2.75) is 52.6 Å². The highest BCUT2D eigenvalue weighted by molar-refractivity contribution is 7.15. The highest BCUT2D eigenvalue weighted by Crippen LogP contribution is 2.30. The first-order valence-electron chi connectivity index (χ1n) is 12.6. The van der Waals surface area contributed by atoms with E-state index < -0.39 is 5.60 Å². The van der Waals surface area contributed by atoms with Crippen LogP contribution in [0.15, 0.2) is 71.1 Å². The summed E-state index contributed by atoms with van der Waals surface area (Å²) in [5.41, 5.74) is 0.752. The molecule has 7 heteroatoms. The van der Waals surface area contributed by atoms with Gasteiger partial charge in [-0.25, -0.2) is 9.78 Å². The summed E-state index contributed by atoms with van der Waals surface area (Å²) in [4.78, 5) is 19.9. The summed E-state index contributed by atoms with van der Waals surface area (Å²) in [6.45, 7) is 8.52. The monoisotopic (exact) mass is 519 g/mol. The Bertz CT molecular complexity index is 1300. The third-order valence-electron chi connectivity index (χ3n) is 6.14. The van der Waals surface area contributed by atoms with Crippen LogP contribution in [0.2, 0.25) is 0 Å². The molecule has 4 rings (SSSR count). The first kappa shape index (κ1) is 26.5. The van der Waals surface area contributed by atoms with E-state index in [0.717, 1.165) is 27.6 Å². The van der Waals surface area contributed by atoms with Gasteiger partial charge in [0, 0.05) is 17.7 Å². The lowest BCUT2D eigenvalue weighted by molar-refractivity contribution is -0.162. The molecule has 194 valence electrons. The standard InChI is InChI=1S/C30H33NO5S/c1-5-30(29(32)33-6-2,36-25-10-8-7-9-11-25)20-23-13-15-24(16-14-23)34-19-18-26-22(4)35-28(31-26)27-17-12-21(3)37-27/h7-17H,5-6,18-20H2,1-4H3/t30-/m0/s1. The molecule has 0 saturated heterocycles. The third kappa shape index (κ3) is 6.60. The van der Waals surface area contributed by atoms with Crippen LogP contribution in [0.5, 0.6) is 11.5 Å². The minimum Gasteiger partial charge on any atom is -0.493 e. The first-order valence-corrected chi connectivity index (χ1v) is 13.4. The van der Waals surface area contributed by atoms with Gasteiger partial charge >= 0.3 is 5.97 Å². The molecule has 0 aliphatic rings. The first-order chi connectivity index (χ1) is 17.9. The van der Waals surface area contributed by atoms with Gasteiger partial charge in [0.15, 0.2) is 0 Å². The van der Waals surface area contributed by atoms with Crippen molar-refractivity contribution in [1.29, 1.82) is 0 Å². The predicted octanol–water partition coefficient (Wildman–Crippen LogP) is 6.97. The summed E-state index contributed by atoms with van der Waals surface area (Å²) < 4.78 is 23.5. The van der Waals surface area contributed by atoms with Gasteiger partial charge in [0.2, 0.25) is 11.5 Å². The maximum absolute atomic E-state index is 13.0. The molecule has 0 aliphatic carbocycles. The van der Waals surface area contributed by atoms with Crippen molar-refractivity contribution in [3.8, 4) is 22.3 Å². The second-order valence-corrected chi connectivity index (χ2v) is 10.1. The lowest BCUT2D eigenvalue weighted by Gasteiger charge is -2.31. The average molecular weight is 520 g/mol. The molecule has 0 bridgehead atoms. The molecule has 0 fully saturated rings. The number of rotatable bonds is 12. The summed E-state index contributed by atoms with van der Waals surface area (Å²) in [6, 6.07) is 21.2. The van der Waals surface area contributed by atoms with Crippen LogP contribution >= 0.6 is 11.3 Å². The van der Waals surface area contributed by atoms with Crippen molar-refractivity contribution in [1.82, 2.24) is 4.98 Å². The van der Waals surface area contributed by atoms with E-state index in [-0.39, 0.29) is 5.97 Å². The summed E-state index contributed by atoms with van der Waals surface area (Å²) in [5, 5.41) is 0. The highest BCUT2D eigenvalue weighted by atomic mass is 32.1. The molecule has 0 spiro atoms. The molecule has 2 aromatic heterocycles. The Morgan fingerprint density at radius 2 is 1.73 bits per heavy atom. The van der Waals surface area contributed by atoms with Crippen LogP contribution in [0.4, 0.5) is 0 Å². The molecule has 1 atom stereocenters. The van der Waals surface area contributed by atoms with Gasteiger partial charge in [-0.2, -0.15) is 0 Å². The van der Waals surface area contributed by atoms with Gasteiger partial charge in [0.25, 0.3) is 0 Å². The fourth-order valence-corrected chi connectivity index (χ4v) is 4.88. The van der Waals surface area contributed by atoms with E-state index >= 15 is 0 Å². The maximum atomic E-state index is 13.0. The number of benzene rings is 2. The molecule has 2 aromatic carbocycles. The van der Waals surface area contributed by atoms with Gasteiger partial charge in [0.05, 0.1) is 23.8 Å². The van der Waals surface area contributed by atoms with E-state index in [9.17, 15) is 4.79 Å². The Morgan fingerprint density at radius 1 is 0.973 bits per heavy atom. The zero-order chi connectivity index (χ0) is 26.3. The fourth-order valence-electron chi connectivity index (χ4n) is 4.08. The SMILES string of the molecule is CCOC(=O)[C@](CC)(Cc1ccc(OCCc2nc(-c3ccc(C)s3)oc2C)cc1)Oc1ccccc1. The number of thiophene rings is 1. The van der Waals surface area contributed by atoms with Gasteiger partial charge < -0.3 is 18.6 Å². The second-order valence-electron chi connectivity index (χ2n) is 8.83. The Balaban J connectivity index is 1.39. The van der Waals surface area contributed by atoms with Crippen LogP contribution in [-0.4, -0.2) is 29.8 Å². The van der Waals surface area contributed by atoms with Gasteiger partial charge in [0.1, 0.15) is 17.3 Å². The molecule has 6 nitrogen and oxygen atoms in total. The van der Waals surface area contributed by atoms with Crippen LogP contribution in [0, 0.1) is 13.8 Å². The molecule has 0 aliphatic heterocycles. The number of hydrogen-bond acceptors (Lipinski definition) is 7. The van der Waals surface area contributed by atoms with Gasteiger partial charge in [-0.05, 0) is 69.2 Å². The van der Waals surface area contributed by atoms with Crippen molar-refractivity contribution in [3.63, 3.8) is 0 Å². The zero-order valence-electron chi connectivity index (χ0n) is 21.8. The molecule has 0 radical (unpaired) electrons. The van der Waals surface area contributed by atoms with E-state index in [2.05, 4.69) is 18.0 Å². The number of para-hydroxylation sites is 1. The predicted molar refractivity (Wildman–Crippen MR) is 145 cm³/mol. The zero-order valence-corrected chi connectivity index (χ0v) is 22.6. The summed E-state index contributed by atoms with van der Waals surface area (Å²) in [5.74, 6) is 2.50. The minimum absolute atomic E-state index is 0.297. The van der Waals surface area contributed by atoms with Gasteiger partial charge in [-0.3, -0.25) is 0 Å². The summed E-state index contributed by atoms with van der Waals surface area (Å²) >= 11 is 1.67. The second kappa shape index (κ2) is 12.1. The van der Waals surface area contributed by atoms with Gasteiger partial charge in [-0.15, -0.1) is 11.3 Å². The minimum atomic E-state index is -1.11. The van der Waals surface area contributed by atoms with Crippen molar-refractivity contribution in [3.05, 3.63) is 88.6 Å². The van der Waals surface area contributed by atoms with Crippen molar-refractivity contribution < 1.29 is 23.4 Å². The van der Waals surface area contributed by atoms with Crippen molar-refractivity contribution in [2.24, 2.45) is 0 Å². The lowest BCUT2D eigenvalue weighted by atomic mass is 9.91. The number of oxazole rings is 1. The number of carbonyl (C=O) groups is 1. The number of ether oxygens (including phenoxy) is 3. The Hall–Kier alpha value is -3.58. The number of aryl methyl sites for hydroxylation is 2. The van der Waals surface area contributed by atoms with Crippen molar-refractivity contribution >= 4 is 17.3 Å². The van der Waals surface area contributed by atoms with Crippen molar-refractivity contribution in [2.75, 3.05) is 13.2 Å². The quantitative estimate of drug-likeness (QED) is 0.188. The largest absolute Gasteiger partial charge is 0.493 e. The summed E-state index contributed by atoms with van der Waals surface area (Å²) in [7, 11) is 0. The number of aromatic nitrogens is 1. The number of hydrogen-bond donors (Lipinski definition) is 0. The topological polar surface area (TPSA) is 70.8 Å². The molecule has 2 heterocycles. The van der Waals surface area contributed by atoms with E-state index in [4.69, 9.17) is 18.6 Å². The van der Waals surface area contributed by atoms with Gasteiger partial charge in [-0.1, -0.05) is 37.3 Å². The molecule has 0 saturated carbocycles. The van der Waals surface area contributed by atoms with Crippen LogP contribution in [0.3, 0.4) is 0 Å². The molecular formula is C30H33NO5S. The smallest absolute Gasteiger partial charge is 0.350 e. The third-order valence-corrected chi connectivity index (χ3v) is 7.13. The highest BCUT2D eigenvalue weighted by Gasteiger charge is 2.41. The normalized spacial score (nSPS) is 12.6. The molecular weight excluding hydrogens is 486 g/mol. The number of nitrogens with zero attached hydrogens (tertiary/aromatic N) is 1. The van der Waals surface area contributed by atoms with Crippen LogP contribution in [-0.2, 0) is 22.4 Å². The lowest BCUT2D eigenvalue weighted by Crippen LogP contribution is -2.47. The molecule has 0 unspecified atom stereocenters.